The summed E-state index contributed by atoms with van der Waals surface area (Å²) >= 11 is 1.23. The highest BCUT2D eigenvalue weighted by Gasteiger charge is 2.19. The standard InChI is InChI=1S/C14H26N4O2S/c1-5-8-18-13(17(7-3)9-11(4)6-2)15-16-14(18)21-10-12(19)20/h11H,5-10H2,1-4H3,(H,19,20). The van der Waals surface area contributed by atoms with Crippen LogP contribution in [0, 0.1) is 5.92 Å². The number of anilines is 1. The predicted octanol–water partition coefficient (Wildman–Crippen LogP) is 2.74. The highest BCUT2D eigenvalue weighted by molar-refractivity contribution is 7.99. The Bertz CT molecular complexity index is 450. The Kier molecular flexibility index (Phi) is 7.56. The van der Waals surface area contributed by atoms with Gasteiger partial charge in [0.1, 0.15) is 0 Å². The van der Waals surface area contributed by atoms with Crippen LogP contribution in [0.5, 0.6) is 0 Å². The van der Waals surface area contributed by atoms with Crippen molar-refractivity contribution in [3.63, 3.8) is 0 Å². The molecule has 1 rings (SSSR count). The van der Waals surface area contributed by atoms with Crippen LogP contribution < -0.4 is 4.90 Å². The maximum Gasteiger partial charge on any atom is 0.313 e. The summed E-state index contributed by atoms with van der Waals surface area (Å²) in [5, 5.41) is 18.0. The first kappa shape index (κ1) is 17.8. The number of thioether (sulfide) groups is 1. The second-order valence-corrected chi connectivity index (χ2v) is 6.11. The van der Waals surface area contributed by atoms with E-state index in [1.165, 1.54) is 11.8 Å². The summed E-state index contributed by atoms with van der Waals surface area (Å²) in [5.74, 6) is 0.623. The van der Waals surface area contributed by atoms with E-state index in [0.29, 0.717) is 11.1 Å². The van der Waals surface area contributed by atoms with Crippen molar-refractivity contribution in [2.45, 2.75) is 52.2 Å². The fraction of sp³-hybridized carbons (Fsp3) is 0.786. The molecule has 1 aromatic heterocycles. The lowest BCUT2D eigenvalue weighted by Gasteiger charge is -2.25. The molecule has 21 heavy (non-hydrogen) atoms. The molecule has 0 saturated carbocycles. The Hall–Kier alpha value is -1.24. The van der Waals surface area contributed by atoms with Gasteiger partial charge in [-0.15, -0.1) is 10.2 Å². The third-order valence-corrected chi connectivity index (χ3v) is 4.31. The van der Waals surface area contributed by atoms with Crippen LogP contribution in [0.2, 0.25) is 0 Å². The molecule has 6 nitrogen and oxygen atoms in total. The molecule has 0 aromatic carbocycles. The van der Waals surface area contributed by atoms with Gasteiger partial charge in [0.15, 0.2) is 5.16 Å². The van der Waals surface area contributed by atoms with Crippen molar-refractivity contribution < 1.29 is 9.90 Å². The van der Waals surface area contributed by atoms with E-state index in [4.69, 9.17) is 5.11 Å². The highest BCUT2D eigenvalue weighted by Crippen LogP contribution is 2.23. The molecule has 120 valence electrons. The lowest BCUT2D eigenvalue weighted by atomic mass is 10.1. The third kappa shape index (κ3) is 5.22. The van der Waals surface area contributed by atoms with Crippen molar-refractivity contribution in [2.75, 3.05) is 23.7 Å². The molecule has 0 aliphatic rings. The molecule has 0 bridgehead atoms. The fourth-order valence-corrected chi connectivity index (χ4v) is 2.70. The molecule has 0 aliphatic heterocycles. The minimum absolute atomic E-state index is 0.0132. The molecule has 7 heteroatoms. The first-order chi connectivity index (χ1) is 10.0. The van der Waals surface area contributed by atoms with Gasteiger partial charge in [0.25, 0.3) is 0 Å². The van der Waals surface area contributed by atoms with E-state index in [-0.39, 0.29) is 5.75 Å². The summed E-state index contributed by atoms with van der Waals surface area (Å²) < 4.78 is 2.04. The van der Waals surface area contributed by atoms with Crippen LogP contribution in [0.25, 0.3) is 0 Å². The summed E-state index contributed by atoms with van der Waals surface area (Å²) in [6.07, 6.45) is 2.09. The van der Waals surface area contributed by atoms with E-state index in [9.17, 15) is 4.79 Å². The number of aromatic nitrogens is 3. The Morgan fingerprint density at radius 2 is 2.10 bits per heavy atom. The molecule has 1 unspecified atom stereocenters. The van der Waals surface area contributed by atoms with Gasteiger partial charge in [0, 0.05) is 19.6 Å². The molecule has 1 aromatic rings. The van der Waals surface area contributed by atoms with Gasteiger partial charge in [-0.3, -0.25) is 9.36 Å². The van der Waals surface area contributed by atoms with E-state index in [1.54, 1.807) is 0 Å². The number of hydrogen-bond acceptors (Lipinski definition) is 5. The van der Waals surface area contributed by atoms with Crippen molar-refractivity contribution in [3.05, 3.63) is 0 Å². The molecule has 1 N–H and O–H groups in total. The van der Waals surface area contributed by atoms with Crippen LogP contribution in [0.15, 0.2) is 5.16 Å². The molecule has 0 radical (unpaired) electrons. The Morgan fingerprint density at radius 3 is 2.62 bits per heavy atom. The lowest BCUT2D eigenvalue weighted by molar-refractivity contribution is -0.133. The smallest absolute Gasteiger partial charge is 0.313 e. The Morgan fingerprint density at radius 1 is 1.38 bits per heavy atom. The quantitative estimate of drug-likeness (QED) is 0.670. The average molecular weight is 314 g/mol. The zero-order valence-corrected chi connectivity index (χ0v) is 14.2. The number of nitrogens with zero attached hydrogens (tertiary/aromatic N) is 4. The summed E-state index contributed by atoms with van der Waals surface area (Å²) in [6, 6.07) is 0. The third-order valence-electron chi connectivity index (χ3n) is 3.36. The minimum atomic E-state index is -0.834. The van der Waals surface area contributed by atoms with E-state index >= 15 is 0 Å². The summed E-state index contributed by atoms with van der Waals surface area (Å²) in [7, 11) is 0. The van der Waals surface area contributed by atoms with Crippen molar-refractivity contribution in [1.82, 2.24) is 14.8 Å². The van der Waals surface area contributed by atoms with Gasteiger partial charge in [0.05, 0.1) is 5.75 Å². The molecule has 0 aliphatic carbocycles. The van der Waals surface area contributed by atoms with E-state index in [2.05, 4.69) is 42.8 Å². The molecule has 1 atom stereocenters. The first-order valence-electron chi connectivity index (χ1n) is 7.56. The molecular weight excluding hydrogens is 288 g/mol. The van der Waals surface area contributed by atoms with Gasteiger partial charge in [-0.2, -0.15) is 0 Å². The summed E-state index contributed by atoms with van der Waals surface area (Å²) in [4.78, 5) is 13.0. The number of carboxylic acids is 1. The summed E-state index contributed by atoms with van der Waals surface area (Å²) in [6.45, 7) is 11.2. The van der Waals surface area contributed by atoms with Gasteiger partial charge >= 0.3 is 5.97 Å². The van der Waals surface area contributed by atoms with Crippen molar-refractivity contribution in [1.29, 1.82) is 0 Å². The zero-order chi connectivity index (χ0) is 15.8. The average Bonchev–Trinajstić information content (AvgIpc) is 2.85. The second kappa shape index (κ2) is 8.92. The first-order valence-corrected chi connectivity index (χ1v) is 8.54. The van der Waals surface area contributed by atoms with Gasteiger partial charge in [0.2, 0.25) is 5.95 Å². The number of carbonyl (C=O) groups is 1. The number of rotatable bonds is 10. The largest absolute Gasteiger partial charge is 0.481 e. The summed E-state index contributed by atoms with van der Waals surface area (Å²) in [5.41, 5.74) is 0. The topological polar surface area (TPSA) is 71.2 Å². The number of aliphatic carboxylic acids is 1. The van der Waals surface area contributed by atoms with Gasteiger partial charge < -0.3 is 10.0 Å². The van der Waals surface area contributed by atoms with Crippen LogP contribution in [-0.4, -0.2) is 44.7 Å². The Labute approximate surface area is 130 Å². The minimum Gasteiger partial charge on any atom is -0.481 e. The van der Waals surface area contributed by atoms with E-state index in [1.807, 2.05) is 4.57 Å². The SMILES string of the molecule is CCCn1c(SCC(=O)O)nnc1N(CC)CC(C)CC. The monoisotopic (exact) mass is 314 g/mol. The Balaban J connectivity index is 2.95. The zero-order valence-electron chi connectivity index (χ0n) is 13.4. The van der Waals surface area contributed by atoms with Gasteiger partial charge in [-0.05, 0) is 19.3 Å². The molecular formula is C14H26N4O2S. The van der Waals surface area contributed by atoms with Crippen molar-refractivity contribution in [3.8, 4) is 0 Å². The predicted molar refractivity (Wildman–Crippen MR) is 86.0 cm³/mol. The molecule has 0 saturated heterocycles. The van der Waals surface area contributed by atoms with Crippen LogP contribution in [-0.2, 0) is 11.3 Å². The number of carboxylic acid groups (broad SMARTS) is 1. The van der Waals surface area contributed by atoms with Gasteiger partial charge in [-0.1, -0.05) is 39.0 Å². The maximum atomic E-state index is 10.7. The highest BCUT2D eigenvalue weighted by atomic mass is 32.2. The van der Waals surface area contributed by atoms with Crippen LogP contribution >= 0.6 is 11.8 Å². The molecule has 0 amide bonds. The second-order valence-electron chi connectivity index (χ2n) is 5.17. The normalized spacial score (nSPS) is 12.4. The van der Waals surface area contributed by atoms with Crippen LogP contribution in [0.1, 0.15) is 40.5 Å². The van der Waals surface area contributed by atoms with E-state index in [0.717, 1.165) is 38.4 Å². The molecule has 0 spiro atoms. The van der Waals surface area contributed by atoms with Crippen molar-refractivity contribution in [2.24, 2.45) is 5.92 Å². The fourth-order valence-electron chi connectivity index (χ4n) is 2.02. The van der Waals surface area contributed by atoms with E-state index < -0.39 is 5.97 Å². The maximum absolute atomic E-state index is 10.7. The number of hydrogen-bond donors (Lipinski definition) is 1. The van der Waals surface area contributed by atoms with Crippen LogP contribution in [0.3, 0.4) is 0 Å². The van der Waals surface area contributed by atoms with Crippen molar-refractivity contribution >= 4 is 23.7 Å². The molecule has 0 fully saturated rings. The lowest BCUT2D eigenvalue weighted by Crippen LogP contribution is -2.30. The van der Waals surface area contributed by atoms with Crippen LogP contribution in [0.4, 0.5) is 5.95 Å². The van der Waals surface area contributed by atoms with Gasteiger partial charge in [-0.25, -0.2) is 0 Å². The molecule has 1 heterocycles.